The van der Waals surface area contributed by atoms with Crippen molar-refractivity contribution in [3.05, 3.63) is 78.0 Å². The Morgan fingerprint density at radius 2 is 1.97 bits per heavy atom. The normalized spacial score (nSPS) is 10.9. The highest BCUT2D eigenvalue weighted by Crippen LogP contribution is 2.25. The zero-order chi connectivity index (χ0) is 19.9. The fourth-order valence-corrected chi connectivity index (χ4v) is 3.72. The van der Waals surface area contributed by atoms with Crippen LogP contribution in [0.5, 0.6) is 5.75 Å². The maximum absolute atomic E-state index is 5.89. The van der Waals surface area contributed by atoms with Crippen LogP contribution in [-0.2, 0) is 6.54 Å². The molecule has 0 amide bonds. The molecular formula is C21H19ClN4O2S. The van der Waals surface area contributed by atoms with Gasteiger partial charge in [0.1, 0.15) is 11.5 Å². The van der Waals surface area contributed by atoms with Crippen molar-refractivity contribution in [3.8, 4) is 17.1 Å². The van der Waals surface area contributed by atoms with Crippen LogP contribution in [0.25, 0.3) is 11.4 Å². The smallest absolute Gasteiger partial charge is 0.191 e. The quantitative estimate of drug-likeness (QED) is 0.271. The molecule has 6 nitrogen and oxygen atoms in total. The lowest BCUT2D eigenvalue weighted by atomic mass is 10.2. The molecule has 0 aliphatic heterocycles. The van der Waals surface area contributed by atoms with Crippen molar-refractivity contribution in [1.29, 1.82) is 0 Å². The molecule has 0 unspecified atom stereocenters. The van der Waals surface area contributed by atoms with Crippen molar-refractivity contribution in [3.63, 3.8) is 0 Å². The first kappa shape index (κ1) is 19.5. The standard InChI is InChI=1S/C21H19ClN4O2S/c22-17-6-8-18(9-7-17)27-12-3-13-29-21-25-24-20(16-4-1-10-23-14-16)26(21)15-19-5-2-11-28-19/h1-2,4-11,14H,3,12-13,15H2. The Morgan fingerprint density at radius 3 is 2.72 bits per heavy atom. The first-order valence-electron chi connectivity index (χ1n) is 9.17. The van der Waals surface area contributed by atoms with Crippen LogP contribution in [0.4, 0.5) is 0 Å². The van der Waals surface area contributed by atoms with Crippen LogP contribution in [0.3, 0.4) is 0 Å². The first-order chi connectivity index (χ1) is 14.3. The third-order valence-electron chi connectivity index (χ3n) is 4.13. The largest absolute Gasteiger partial charge is 0.494 e. The zero-order valence-electron chi connectivity index (χ0n) is 15.6. The molecule has 0 N–H and O–H groups in total. The Kier molecular flexibility index (Phi) is 6.49. The van der Waals surface area contributed by atoms with E-state index in [0.717, 1.165) is 40.2 Å². The van der Waals surface area contributed by atoms with Crippen molar-refractivity contribution in [1.82, 2.24) is 19.7 Å². The second-order valence-electron chi connectivity index (χ2n) is 6.22. The van der Waals surface area contributed by atoms with E-state index in [1.165, 1.54) is 0 Å². The molecule has 0 aliphatic carbocycles. The van der Waals surface area contributed by atoms with Gasteiger partial charge < -0.3 is 9.15 Å². The third kappa shape index (κ3) is 5.19. The SMILES string of the molecule is Clc1ccc(OCCCSc2nnc(-c3cccnc3)n2Cc2ccco2)cc1. The zero-order valence-corrected chi connectivity index (χ0v) is 17.1. The number of rotatable bonds is 9. The Labute approximate surface area is 177 Å². The number of halogens is 1. The van der Waals surface area contributed by atoms with Crippen LogP contribution in [-0.4, -0.2) is 32.1 Å². The van der Waals surface area contributed by atoms with E-state index in [-0.39, 0.29) is 0 Å². The summed E-state index contributed by atoms with van der Waals surface area (Å²) < 4.78 is 13.3. The van der Waals surface area contributed by atoms with Crippen molar-refractivity contribution in [2.45, 2.75) is 18.1 Å². The maximum Gasteiger partial charge on any atom is 0.191 e. The lowest BCUT2D eigenvalue weighted by molar-refractivity contribution is 0.318. The number of aromatic nitrogens is 4. The molecule has 0 fully saturated rings. The Hall–Kier alpha value is -2.77. The van der Waals surface area contributed by atoms with Gasteiger partial charge in [-0.25, -0.2) is 0 Å². The summed E-state index contributed by atoms with van der Waals surface area (Å²) >= 11 is 7.54. The molecule has 4 aromatic rings. The third-order valence-corrected chi connectivity index (χ3v) is 5.44. The van der Waals surface area contributed by atoms with Crippen LogP contribution in [0.15, 0.2) is 76.8 Å². The number of nitrogens with zero attached hydrogens (tertiary/aromatic N) is 4. The number of thioether (sulfide) groups is 1. The molecule has 8 heteroatoms. The number of pyridine rings is 1. The molecule has 3 heterocycles. The molecule has 4 rings (SSSR count). The maximum atomic E-state index is 5.89. The number of furan rings is 1. The van der Waals surface area contributed by atoms with Gasteiger partial charge in [0.15, 0.2) is 11.0 Å². The molecule has 0 saturated heterocycles. The monoisotopic (exact) mass is 426 g/mol. The average molecular weight is 427 g/mol. The fraction of sp³-hybridized carbons (Fsp3) is 0.190. The van der Waals surface area contributed by atoms with E-state index in [1.807, 2.05) is 48.5 Å². The summed E-state index contributed by atoms with van der Waals surface area (Å²) in [7, 11) is 0. The molecule has 0 atom stereocenters. The van der Waals surface area contributed by atoms with Crippen molar-refractivity contribution in [2.24, 2.45) is 0 Å². The van der Waals surface area contributed by atoms with Gasteiger partial charge >= 0.3 is 0 Å². The summed E-state index contributed by atoms with van der Waals surface area (Å²) in [4.78, 5) is 4.19. The van der Waals surface area contributed by atoms with E-state index in [2.05, 4.69) is 19.7 Å². The van der Waals surface area contributed by atoms with E-state index < -0.39 is 0 Å². The first-order valence-corrected chi connectivity index (χ1v) is 10.5. The molecule has 148 valence electrons. The second kappa shape index (κ2) is 9.62. The highest BCUT2D eigenvalue weighted by atomic mass is 35.5. The Morgan fingerprint density at radius 1 is 1.07 bits per heavy atom. The van der Waals surface area contributed by atoms with E-state index in [9.17, 15) is 0 Å². The topological polar surface area (TPSA) is 66.0 Å². The van der Waals surface area contributed by atoms with E-state index in [4.69, 9.17) is 20.8 Å². The summed E-state index contributed by atoms with van der Waals surface area (Å²) in [5.74, 6) is 3.30. The molecule has 1 aromatic carbocycles. The highest BCUT2D eigenvalue weighted by molar-refractivity contribution is 7.99. The summed E-state index contributed by atoms with van der Waals surface area (Å²) in [5.41, 5.74) is 0.921. The lowest BCUT2D eigenvalue weighted by Crippen LogP contribution is -2.04. The van der Waals surface area contributed by atoms with Crippen molar-refractivity contribution in [2.75, 3.05) is 12.4 Å². The summed E-state index contributed by atoms with van der Waals surface area (Å²) in [5, 5.41) is 10.3. The highest BCUT2D eigenvalue weighted by Gasteiger charge is 2.15. The van der Waals surface area contributed by atoms with E-state index in [0.29, 0.717) is 18.2 Å². The number of hydrogen-bond acceptors (Lipinski definition) is 6. The van der Waals surface area contributed by atoms with Crippen molar-refractivity contribution >= 4 is 23.4 Å². The van der Waals surface area contributed by atoms with Gasteiger partial charge in [0.2, 0.25) is 0 Å². The van der Waals surface area contributed by atoms with Gasteiger partial charge in [-0.1, -0.05) is 23.4 Å². The van der Waals surface area contributed by atoms with Crippen LogP contribution in [0.2, 0.25) is 5.02 Å². The molecule has 0 spiro atoms. The lowest BCUT2D eigenvalue weighted by Gasteiger charge is -2.09. The van der Waals surface area contributed by atoms with Crippen molar-refractivity contribution < 1.29 is 9.15 Å². The van der Waals surface area contributed by atoms with Crippen LogP contribution < -0.4 is 4.74 Å². The molecule has 0 aliphatic rings. The molecule has 0 bridgehead atoms. The minimum absolute atomic E-state index is 0.563. The van der Waals surface area contributed by atoms with Gasteiger partial charge in [0.05, 0.1) is 19.4 Å². The van der Waals surface area contributed by atoms with Gasteiger partial charge in [-0.15, -0.1) is 10.2 Å². The number of benzene rings is 1. The average Bonchev–Trinajstić information content (AvgIpc) is 3.40. The van der Waals surface area contributed by atoms with Gasteiger partial charge in [0, 0.05) is 28.7 Å². The molecule has 29 heavy (non-hydrogen) atoms. The van der Waals surface area contributed by atoms with Gasteiger partial charge in [-0.05, 0) is 55.0 Å². The minimum Gasteiger partial charge on any atom is -0.494 e. The van der Waals surface area contributed by atoms with E-state index >= 15 is 0 Å². The summed E-state index contributed by atoms with van der Waals surface area (Å²) in [6, 6.07) is 15.1. The van der Waals surface area contributed by atoms with Crippen LogP contribution >= 0.6 is 23.4 Å². The van der Waals surface area contributed by atoms with Crippen LogP contribution in [0.1, 0.15) is 12.2 Å². The predicted octanol–water partition coefficient (Wildman–Crippen LogP) is 5.20. The van der Waals surface area contributed by atoms with Gasteiger partial charge in [-0.3, -0.25) is 9.55 Å². The summed E-state index contributed by atoms with van der Waals surface area (Å²) in [6.45, 7) is 1.18. The Bertz CT molecular complexity index is 1020. The van der Waals surface area contributed by atoms with Gasteiger partial charge in [-0.2, -0.15) is 0 Å². The number of ether oxygens (including phenoxy) is 1. The molecule has 0 saturated carbocycles. The molecule has 0 radical (unpaired) electrons. The Balaban J connectivity index is 1.40. The minimum atomic E-state index is 0.563. The number of hydrogen-bond donors (Lipinski definition) is 0. The second-order valence-corrected chi connectivity index (χ2v) is 7.72. The fourth-order valence-electron chi connectivity index (χ4n) is 2.75. The summed E-state index contributed by atoms with van der Waals surface area (Å²) in [6.07, 6.45) is 6.08. The van der Waals surface area contributed by atoms with Gasteiger partial charge in [0.25, 0.3) is 0 Å². The predicted molar refractivity (Wildman–Crippen MR) is 113 cm³/mol. The van der Waals surface area contributed by atoms with Crippen LogP contribution in [0, 0.1) is 0 Å². The molecular weight excluding hydrogens is 408 g/mol. The van der Waals surface area contributed by atoms with E-state index in [1.54, 1.807) is 30.4 Å². The molecule has 3 aromatic heterocycles.